The molecule has 0 saturated carbocycles. The predicted molar refractivity (Wildman–Crippen MR) is 78.4 cm³/mol. The molecule has 21 heavy (non-hydrogen) atoms. The number of anilines is 1. The van der Waals surface area contributed by atoms with Gasteiger partial charge in [0, 0.05) is 23.6 Å². The van der Waals surface area contributed by atoms with E-state index in [2.05, 4.69) is 15.0 Å². The van der Waals surface area contributed by atoms with Crippen molar-refractivity contribution in [3.8, 4) is 23.0 Å². The fraction of sp³-hybridized carbons (Fsp3) is 0.0714. The molecule has 7 nitrogen and oxygen atoms in total. The Balaban J connectivity index is 2.21. The maximum absolute atomic E-state index is 11.8. The topological polar surface area (TPSA) is 98.8 Å². The number of rotatable bonds is 3. The van der Waals surface area contributed by atoms with Crippen molar-refractivity contribution in [1.82, 2.24) is 19.5 Å². The van der Waals surface area contributed by atoms with E-state index in [1.54, 1.807) is 29.1 Å². The fourth-order valence-corrected chi connectivity index (χ4v) is 2.10. The first-order valence-electron chi connectivity index (χ1n) is 6.22. The number of ether oxygens (including phenoxy) is 1. The standard InChI is InChI=1S/C14H13N5O2/c1-21-11-13(17-8-18-14(11)20)19-6-5-16-12(19)9-3-2-4-10(15)7-9/h2-8H,15H2,1H3,(H,17,18,20). The molecule has 0 fully saturated rings. The van der Waals surface area contributed by atoms with Crippen LogP contribution in [0.25, 0.3) is 17.2 Å². The van der Waals surface area contributed by atoms with Crippen molar-refractivity contribution in [2.24, 2.45) is 0 Å². The van der Waals surface area contributed by atoms with E-state index in [4.69, 9.17) is 10.5 Å². The van der Waals surface area contributed by atoms with Crippen LogP contribution < -0.4 is 16.0 Å². The van der Waals surface area contributed by atoms with E-state index in [0.29, 0.717) is 17.3 Å². The smallest absolute Gasteiger partial charge is 0.295 e. The zero-order valence-corrected chi connectivity index (χ0v) is 11.3. The van der Waals surface area contributed by atoms with Gasteiger partial charge in [0.2, 0.25) is 5.75 Å². The third-order valence-corrected chi connectivity index (χ3v) is 3.01. The molecule has 2 aromatic heterocycles. The van der Waals surface area contributed by atoms with Crippen molar-refractivity contribution in [2.45, 2.75) is 0 Å². The van der Waals surface area contributed by atoms with Gasteiger partial charge in [-0.3, -0.25) is 9.36 Å². The zero-order chi connectivity index (χ0) is 14.8. The Kier molecular flexibility index (Phi) is 3.15. The summed E-state index contributed by atoms with van der Waals surface area (Å²) in [6.07, 6.45) is 4.66. The predicted octanol–water partition coefficient (Wildman–Crippen LogP) is 1.21. The first-order chi connectivity index (χ1) is 10.2. The highest BCUT2D eigenvalue weighted by atomic mass is 16.5. The Morgan fingerprint density at radius 3 is 2.95 bits per heavy atom. The summed E-state index contributed by atoms with van der Waals surface area (Å²) < 4.78 is 6.82. The summed E-state index contributed by atoms with van der Waals surface area (Å²) >= 11 is 0. The first kappa shape index (κ1) is 12.9. The van der Waals surface area contributed by atoms with Gasteiger partial charge < -0.3 is 15.5 Å². The number of aromatic nitrogens is 4. The minimum absolute atomic E-state index is 0.126. The van der Waals surface area contributed by atoms with Gasteiger partial charge in [-0.05, 0) is 12.1 Å². The van der Waals surface area contributed by atoms with Crippen molar-refractivity contribution in [1.29, 1.82) is 0 Å². The van der Waals surface area contributed by atoms with Gasteiger partial charge >= 0.3 is 0 Å². The normalized spacial score (nSPS) is 10.5. The third kappa shape index (κ3) is 2.25. The van der Waals surface area contributed by atoms with Crippen LogP contribution in [-0.4, -0.2) is 26.6 Å². The van der Waals surface area contributed by atoms with Gasteiger partial charge in [0.25, 0.3) is 5.56 Å². The highest BCUT2D eigenvalue weighted by Gasteiger charge is 2.15. The SMILES string of the molecule is COc1c(-n2ccnc2-c2cccc(N)c2)nc[nH]c1=O. The summed E-state index contributed by atoms with van der Waals surface area (Å²) in [5, 5.41) is 0. The molecular formula is C14H13N5O2. The van der Waals surface area contributed by atoms with E-state index in [1.807, 2.05) is 12.1 Å². The van der Waals surface area contributed by atoms with Gasteiger partial charge in [0.15, 0.2) is 5.82 Å². The average molecular weight is 283 g/mol. The van der Waals surface area contributed by atoms with E-state index < -0.39 is 0 Å². The number of imidazole rings is 1. The fourth-order valence-electron chi connectivity index (χ4n) is 2.10. The van der Waals surface area contributed by atoms with Crippen LogP contribution in [0.3, 0.4) is 0 Å². The minimum Gasteiger partial charge on any atom is -0.488 e. The van der Waals surface area contributed by atoms with Crippen molar-refractivity contribution >= 4 is 5.69 Å². The van der Waals surface area contributed by atoms with Crippen molar-refractivity contribution in [3.05, 3.63) is 53.3 Å². The molecule has 0 aliphatic heterocycles. The number of methoxy groups -OCH3 is 1. The van der Waals surface area contributed by atoms with Gasteiger partial charge in [-0.25, -0.2) is 9.97 Å². The zero-order valence-electron chi connectivity index (χ0n) is 11.3. The number of hydrogen-bond donors (Lipinski definition) is 2. The molecule has 2 heterocycles. The number of H-pyrrole nitrogens is 1. The van der Waals surface area contributed by atoms with E-state index >= 15 is 0 Å². The summed E-state index contributed by atoms with van der Waals surface area (Å²) in [4.78, 5) is 22.8. The summed E-state index contributed by atoms with van der Waals surface area (Å²) in [6.45, 7) is 0. The molecule has 0 amide bonds. The van der Waals surface area contributed by atoms with E-state index in [-0.39, 0.29) is 11.3 Å². The number of aromatic amines is 1. The number of benzene rings is 1. The van der Waals surface area contributed by atoms with Gasteiger partial charge in [-0.2, -0.15) is 0 Å². The van der Waals surface area contributed by atoms with Crippen molar-refractivity contribution in [2.75, 3.05) is 12.8 Å². The highest BCUT2D eigenvalue weighted by molar-refractivity contribution is 5.63. The summed E-state index contributed by atoms with van der Waals surface area (Å²) in [7, 11) is 1.42. The number of nitrogens with one attached hydrogen (secondary N) is 1. The number of nitrogens with two attached hydrogens (primary N) is 1. The molecule has 3 aromatic rings. The van der Waals surface area contributed by atoms with E-state index in [1.165, 1.54) is 13.4 Å². The Bertz CT molecular complexity index is 837. The molecule has 3 N–H and O–H groups in total. The number of nitrogens with zero attached hydrogens (tertiary/aromatic N) is 3. The number of nitrogen functional groups attached to an aromatic ring is 1. The molecular weight excluding hydrogens is 270 g/mol. The Morgan fingerprint density at radius 1 is 1.33 bits per heavy atom. The second-order valence-electron chi connectivity index (χ2n) is 4.33. The third-order valence-electron chi connectivity index (χ3n) is 3.01. The molecule has 7 heteroatoms. The molecule has 106 valence electrons. The van der Waals surface area contributed by atoms with Crippen molar-refractivity contribution in [3.63, 3.8) is 0 Å². The Labute approximate surface area is 120 Å². The van der Waals surface area contributed by atoms with Crippen LogP contribution in [0.2, 0.25) is 0 Å². The van der Waals surface area contributed by atoms with Crippen LogP contribution in [0.4, 0.5) is 5.69 Å². The van der Waals surface area contributed by atoms with Crippen LogP contribution in [-0.2, 0) is 0 Å². The Morgan fingerprint density at radius 2 is 2.19 bits per heavy atom. The van der Waals surface area contributed by atoms with Gasteiger partial charge in [0.1, 0.15) is 5.82 Å². The van der Waals surface area contributed by atoms with Crippen LogP contribution in [0.1, 0.15) is 0 Å². The molecule has 0 atom stereocenters. The first-order valence-corrected chi connectivity index (χ1v) is 6.22. The van der Waals surface area contributed by atoms with Crippen LogP contribution in [0.15, 0.2) is 47.8 Å². The van der Waals surface area contributed by atoms with Gasteiger partial charge in [0.05, 0.1) is 13.4 Å². The lowest BCUT2D eigenvalue weighted by molar-refractivity contribution is 0.403. The molecule has 3 rings (SSSR count). The number of hydrogen-bond acceptors (Lipinski definition) is 5. The maximum atomic E-state index is 11.8. The molecule has 0 aliphatic rings. The molecule has 0 aliphatic carbocycles. The second-order valence-corrected chi connectivity index (χ2v) is 4.33. The largest absolute Gasteiger partial charge is 0.488 e. The maximum Gasteiger partial charge on any atom is 0.295 e. The molecule has 0 bridgehead atoms. The molecule has 0 spiro atoms. The van der Waals surface area contributed by atoms with Crippen LogP contribution >= 0.6 is 0 Å². The van der Waals surface area contributed by atoms with Crippen LogP contribution in [0, 0.1) is 0 Å². The average Bonchev–Trinajstić information content (AvgIpc) is 2.96. The van der Waals surface area contributed by atoms with E-state index in [0.717, 1.165) is 5.56 Å². The summed E-state index contributed by atoms with van der Waals surface area (Å²) in [5.74, 6) is 1.12. The van der Waals surface area contributed by atoms with E-state index in [9.17, 15) is 4.79 Å². The molecule has 0 radical (unpaired) electrons. The lowest BCUT2D eigenvalue weighted by Gasteiger charge is -2.10. The lowest BCUT2D eigenvalue weighted by atomic mass is 10.2. The summed E-state index contributed by atoms with van der Waals surface area (Å²) in [6, 6.07) is 7.32. The van der Waals surface area contributed by atoms with Gasteiger partial charge in [-0.1, -0.05) is 12.1 Å². The second kappa shape index (κ2) is 5.12. The monoisotopic (exact) mass is 283 g/mol. The molecule has 0 unspecified atom stereocenters. The quantitative estimate of drug-likeness (QED) is 0.704. The summed E-state index contributed by atoms with van der Waals surface area (Å²) in [5.41, 5.74) is 6.90. The minimum atomic E-state index is -0.352. The molecule has 0 saturated heterocycles. The van der Waals surface area contributed by atoms with Crippen LogP contribution in [0.5, 0.6) is 5.75 Å². The van der Waals surface area contributed by atoms with Crippen molar-refractivity contribution < 1.29 is 4.74 Å². The Hall–Kier alpha value is -3.09. The van der Waals surface area contributed by atoms with Gasteiger partial charge in [-0.15, -0.1) is 0 Å². The lowest BCUT2D eigenvalue weighted by Crippen LogP contribution is -2.14. The molecule has 1 aromatic carbocycles. The highest BCUT2D eigenvalue weighted by Crippen LogP contribution is 2.24.